The number of rotatable bonds is 14. The van der Waals surface area contributed by atoms with Crippen molar-refractivity contribution in [3.63, 3.8) is 0 Å². The van der Waals surface area contributed by atoms with Gasteiger partial charge in [0.25, 0.3) is 0 Å². The van der Waals surface area contributed by atoms with E-state index >= 15 is 0 Å². The Bertz CT molecular complexity index is 1330. The van der Waals surface area contributed by atoms with Gasteiger partial charge in [-0.2, -0.15) is 0 Å². The molecule has 2 aromatic heterocycles. The van der Waals surface area contributed by atoms with Gasteiger partial charge in [0.05, 0.1) is 33.6 Å². The Balaban J connectivity index is 1.23. The molecule has 38 heavy (non-hydrogen) atoms. The number of benzene rings is 2. The van der Waals surface area contributed by atoms with Crippen molar-refractivity contribution in [2.24, 2.45) is 0 Å². The molecule has 4 rings (SSSR count). The van der Waals surface area contributed by atoms with Crippen molar-refractivity contribution in [1.29, 1.82) is 0 Å². The molecule has 0 saturated carbocycles. The second kappa shape index (κ2) is 13.6. The van der Waals surface area contributed by atoms with Crippen molar-refractivity contribution >= 4 is 35.0 Å². The summed E-state index contributed by atoms with van der Waals surface area (Å²) in [6, 6.07) is 10.6. The minimum absolute atomic E-state index is 0.128. The molecule has 10 nitrogen and oxygen atoms in total. The lowest BCUT2D eigenvalue weighted by atomic mass is 10.1. The highest BCUT2D eigenvalue weighted by atomic mass is 32.2. The fraction of sp³-hybridized carbons (Fsp3) is 0.269. The third-order valence-corrected chi connectivity index (χ3v) is 7.22. The van der Waals surface area contributed by atoms with E-state index in [9.17, 15) is 4.79 Å². The number of carbonyl (C=O) groups is 1. The fourth-order valence-electron chi connectivity index (χ4n) is 3.47. The smallest absolute Gasteiger partial charge is 0.203 e. The molecule has 0 atom stereocenters. The standard InChI is InChI=1S/C26H27N5O5S2/c1-33-23-13-18(14-24(34-2)25(23)35-3)5-10-22(32)19-6-8-21(9-7-19)36-12-4-11-31-15-20(28-30-31)16-37-26-29-27-17-38-26/h5-10,13-15,17H,4,11-12,16H2,1-3H3/b10-5+. The topological polar surface area (TPSA) is 110 Å². The monoisotopic (exact) mass is 553 g/mol. The second-order valence-electron chi connectivity index (χ2n) is 7.85. The number of carbonyl (C=O) groups excluding carboxylic acids is 1. The Morgan fingerprint density at radius 2 is 1.82 bits per heavy atom. The third-order valence-electron chi connectivity index (χ3n) is 5.32. The van der Waals surface area contributed by atoms with Crippen molar-refractivity contribution in [3.8, 4) is 23.0 Å². The molecule has 0 unspecified atom stereocenters. The number of thioether (sulfide) groups is 1. The van der Waals surface area contributed by atoms with Crippen LogP contribution in [0.4, 0.5) is 0 Å². The quantitative estimate of drug-likeness (QED) is 0.0933. The van der Waals surface area contributed by atoms with E-state index in [2.05, 4.69) is 20.5 Å². The minimum atomic E-state index is -0.128. The number of nitrogens with zero attached hydrogens (tertiary/aromatic N) is 5. The first-order valence-corrected chi connectivity index (χ1v) is 13.5. The summed E-state index contributed by atoms with van der Waals surface area (Å²) in [5.41, 5.74) is 3.91. The molecule has 0 saturated heterocycles. The van der Waals surface area contributed by atoms with Gasteiger partial charge in [-0.05, 0) is 48.0 Å². The summed E-state index contributed by atoms with van der Waals surface area (Å²) in [6.07, 6.45) is 5.92. The first-order chi connectivity index (χ1) is 18.6. The van der Waals surface area contributed by atoms with Gasteiger partial charge in [0.15, 0.2) is 21.6 Å². The van der Waals surface area contributed by atoms with Crippen LogP contribution in [-0.4, -0.2) is 58.9 Å². The van der Waals surface area contributed by atoms with Crippen molar-refractivity contribution in [2.45, 2.75) is 23.1 Å². The molecule has 0 N–H and O–H groups in total. The van der Waals surface area contributed by atoms with E-state index < -0.39 is 0 Å². The molecule has 2 heterocycles. The van der Waals surface area contributed by atoms with Crippen molar-refractivity contribution in [3.05, 3.63) is 71.0 Å². The Morgan fingerprint density at radius 1 is 1.05 bits per heavy atom. The first-order valence-electron chi connectivity index (χ1n) is 11.6. The Hall–Kier alpha value is -3.90. The van der Waals surface area contributed by atoms with E-state index in [1.807, 2.05) is 6.20 Å². The molecule has 4 aromatic rings. The molecule has 0 bridgehead atoms. The van der Waals surface area contributed by atoms with Crippen LogP contribution >= 0.6 is 23.1 Å². The van der Waals surface area contributed by atoms with Gasteiger partial charge in [0.1, 0.15) is 11.3 Å². The zero-order chi connectivity index (χ0) is 26.7. The molecule has 0 spiro atoms. The molecule has 0 aliphatic carbocycles. The summed E-state index contributed by atoms with van der Waals surface area (Å²) in [5.74, 6) is 2.81. The number of hydrogen-bond donors (Lipinski definition) is 0. The van der Waals surface area contributed by atoms with Crippen LogP contribution in [0, 0.1) is 0 Å². The highest BCUT2D eigenvalue weighted by Crippen LogP contribution is 2.38. The number of ether oxygens (including phenoxy) is 4. The van der Waals surface area contributed by atoms with E-state index in [1.54, 1.807) is 85.8 Å². The fourth-order valence-corrected chi connectivity index (χ4v) is 4.84. The van der Waals surface area contributed by atoms with Gasteiger partial charge in [-0.3, -0.25) is 9.48 Å². The first kappa shape index (κ1) is 27.1. The summed E-state index contributed by atoms with van der Waals surface area (Å²) in [4.78, 5) is 12.7. The number of aromatic nitrogens is 5. The van der Waals surface area contributed by atoms with Crippen LogP contribution in [0.1, 0.15) is 28.0 Å². The normalized spacial score (nSPS) is 11.0. The van der Waals surface area contributed by atoms with Crippen LogP contribution in [0.25, 0.3) is 6.08 Å². The second-order valence-corrected chi connectivity index (χ2v) is 9.90. The number of hydrogen-bond acceptors (Lipinski definition) is 11. The summed E-state index contributed by atoms with van der Waals surface area (Å²) in [5, 5.41) is 16.2. The van der Waals surface area contributed by atoms with Gasteiger partial charge in [0, 0.05) is 30.5 Å². The predicted molar refractivity (Wildman–Crippen MR) is 146 cm³/mol. The lowest BCUT2D eigenvalue weighted by Crippen LogP contribution is -2.05. The van der Waals surface area contributed by atoms with Crippen molar-refractivity contribution in [1.82, 2.24) is 25.2 Å². The van der Waals surface area contributed by atoms with E-state index in [0.717, 1.165) is 22.0 Å². The van der Waals surface area contributed by atoms with Crippen LogP contribution in [0.15, 0.2) is 58.5 Å². The number of ketones is 1. The molecule has 2 aromatic carbocycles. The Morgan fingerprint density at radius 3 is 2.47 bits per heavy atom. The maximum Gasteiger partial charge on any atom is 0.203 e. The molecule has 0 fully saturated rings. The molecule has 0 aliphatic rings. The summed E-state index contributed by atoms with van der Waals surface area (Å²) in [7, 11) is 4.64. The zero-order valence-corrected chi connectivity index (χ0v) is 22.8. The van der Waals surface area contributed by atoms with Gasteiger partial charge in [0.2, 0.25) is 5.75 Å². The summed E-state index contributed by atoms with van der Waals surface area (Å²) in [6.45, 7) is 1.21. The number of aryl methyl sites for hydroxylation is 1. The molecule has 0 aliphatic heterocycles. The predicted octanol–water partition coefficient (Wildman–Crippen LogP) is 4.81. The maximum absolute atomic E-state index is 12.7. The largest absolute Gasteiger partial charge is 0.494 e. The van der Waals surface area contributed by atoms with Crippen LogP contribution < -0.4 is 18.9 Å². The van der Waals surface area contributed by atoms with Crippen molar-refractivity contribution in [2.75, 3.05) is 27.9 Å². The zero-order valence-electron chi connectivity index (χ0n) is 21.2. The van der Waals surface area contributed by atoms with E-state index in [1.165, 1.54) is 17.4 Å². The van der Waals surface area contributed by atoms with E-state index in [-0.39, 0.29) is 5.78 Å². The average molecular weight is 554 g/mol. The lowest BCUT2D eigenvalue weighted by molar-refractivity contribution is 0.104. The van der Waals surface area contributed by atoms with Crippen LogP contribution in [0.5, 0.6) is 23.0 Å². The van der Waals surface area contributed by atoms with E-state index in [4.69, 9.17) is 18.9 Å². The van der Waals surface area contributed by atoms with Crippen LogP contribution in [0.3, 0.4) is 0 Å². The van der Waals surface area contributed by atoms with Crippen molar-refractivity contribution < 1.29 is 23.7 Å². The Labute approximate surface area is 228 Å². The Kier molecular flexibility index (Phi) is 9.71. The maximum atomic E-state index is 12.7. The summed E-state index contributed by atoms with van der Waals surface area (Å²) >= 11 is 3.10. The van der Waals surface area contributed by atoms with Gasteiger partial charge < -0.3 is 18.9 Å². The number of methoxy groups -OCH3 is 3. The SMILES string of the molecule is COc1cc(/C=C/C(=O)c2ccc(OCCCn3cc(CSc4nncs4)nn3)cc2)cc(OC)c1OC. The lowest BCUT2D eigenvalue weighted by Gasteiger charge is -2.12. The molecule has 0 radical (unpaired) electrons. The summed E-state index contributed by atoms with van der Waals surface area (Å²) < 4.78 is 24.6. The highest BCUT2D eigenvalue weighted by molar-refractivity contribution is 8.00. The van der Waals surface area contributed by atoms with E-state index in [0.29, 0.717) is 47.5 Å². The third kappa shape index (κ3) is 7.33. The van der Waals surface area contributed by atoms with Gasteiger partial charge in [-0.1, -0.05) is 34.4 Å². The number of allylic oxidation sites excluding steroid dienone is 1. The minimum Gasteiger partial charge on any atom is -0.494 e. The molecule has 12 heteroatoms. The average Bonchev–Trinajstić information content (AvgIpc) is 3.64. The molecular weight excluding hydrogens is 526 g/mol. The molecule has 198 valence electrons. The van der Waals surface area contributed by atoms with Gasteiger partial charge >= 0.3 is 0 Å². The van der Waals surface area contributed by atoms with Crippen LogP contribution in [-0.2, 0) is 12.3 Å². The highest BCUT2D eigenvalue weighted by Gasteiger charge is 2.12. The molecule has 0 amide bonds. The van der Waals surface area contributed by atoms with Gasteiger partial charge in [-0.25, -0.2) is 0 Å². The van der Waals surface area contributed by atoms with Crippen LogP contribution in [0.2, 0.25) is 0 Å². The van der Waals surface area contributed by atoms with Gasteiger partial charge in [-0.15, -0.1) is 15.3 Å². The molecular formula is C26H27N5O5S2.